The third kappa shape index (κ3) is 5.71. The van der Waals surface area contributed by atoms with Gasteiger partial charge in [0.2, 0.25) is 5.75 Å². The first-order valence-electron chi connectivity index (χ1n) is 11.4. The van der Waals surface area contributed by atoms with E-state index < -0.39 is 0 Å². The van der Waals surface area contributed by atoms with E-state index in [-0.39, 0.29) is 0 Å². The quantitative estimate of drug-likeness (QED) is 0.222. The van der Waals surface area contributed by atoms with Gasteiger partial charge in [-0.3, -0.25) is 0 Å². The molecule has 4 aromatic carbocycles. The second-order valence-corrected chi connectivity index (χ2v) is 7.98. The summed E-state index contributed by atoms with van der Waals surface area (Å²) in [6, 6.07) is 35.7. The Hall–Kier alpha value is -4.51. The molecule has 0 fully saturated rings. The van der Waals surface area contributed by atoms with Crippen LogP contribution < -0.4 is 14.2 Å². The van der Waals surface area contributed by atoms with E-state index in [1.807, 2.05) is 103 Å². The Morgan fingerprint density at radius 2 is 1.03 bits per heavy atom. The molecule has 0 aliphatic heterocycles. The third-order valence-electron chi connectivity index (χ3n) is 5.48. The van der Waals surface area contributed by atoms with E-state index in [0.717, 1.165) is 22.3 Å². The molecule has 1 heterocycles. The number of nitrogens with zero attached hydrogens (tertiary/aromatic N) is 1. The lowest BCUT2D eigenvalue weighted by Gasteiger charge is -2.19. The Labute approximate surface area is 204 Å². The predicted octanol–water partition coefficient (Wildman–Crippen LogP) is 7.08. The van der Waals surface area contributed by atoms with Gasteiger partial charge in [-0.25, -0.2) is 0 Å². The van der Waals surface area contributed by atoms with Gasteiger partial charge in [-0.1, -0.05) is 96.2 Å². The van der Waals surface area contributed by atoms with E-state index in [9.17, 15) is 0 Å². The number of ether oxygens (including phenoxy) is 3. The maximum Gasteiger partial charge on any atom is 0.204 e. The van der Waals surface area contributed by atoms with Gasteiger partial charge in [0.05, 0.1) is 0 Å². The Balaban J connectivity index is 1.51. The molecule has 0 aliphatic rings. The molecule has 0 bridgehead atoms. The van der Waals surface area contributed by atoms with Gasteiger partial charge in [0, 0.05) is 11.6 Å². The van der Waals surface area contributed by atoms with Gasteiger partial charge in [0.15, 0.2) is 11.5 Å². The van der Waals surface area contributed by atoms with Gasteiger partial charge >= 0.3 is 0 Å². The summed E-state index contributed by atoms with van der Waals surface area (Å²) in [5.41, 5.74) is 4.58. The molecule has 0 radical (unpaired) electrons. The largest absolute Gasteiger partial charge is 0.485 e. The standard InChI is InChI=1S/C30H25NO4/c1-4-10-23(11-5-1)20-32-28-17-16-26(27-18-19-35-31-27)29(33-21-24-12-6-2-7-13-24)30(28)34-22-25-14-8-3-9-15-25/h1-19H,20-22H2. The highest BCUT2D eigenvalue weighted by atomic mass is 16.5. The van der Waals surface area contributed by atoms with Crippen LogP contribution in [0.4, 0.5) is 0 Å². The van der Waals surface area contributed by atoms with Crippen molar-refractivity contribution in [2.45, 2.75) is 19.8 Å². The minimum absolute atomic E-state index is 0.368. The van der Waals surface area contributed by atoms with Crippen LogP contribution in [0.15, 0.2) is 120 Å². The molecule has 35 heavy (non-hydrogen) atoms. The molecule has 0 spiro atoms. The van der Waals surface area contributed by atoms with Crippen LogP contribution in [0.1, 0.15) is 16.7 Å². The van der Waals surface area contributed by atoms with Crippen molar-refractivity contribution in [3.05, 3.63) is 132 Å². The van der Waals surface area contributed by atoms with Gasteiger partial charge in [0.25, 0.3) is 0 Å². The van der Waals surface area contributed by atoms with Crippen molar-refractivity contribution in [2.75, 3.05) is 0 Å². The smallest absolute Gasteiger partial charge is 0.204 e. The topological polar surface area (TPSA) is 53.7 Å². The van der Waals surface area contributed by atoms with Gasteiger partial charge in [-0.2, -0.15) is 0 Å². The van der Waals surface area contributed by atoms with Gasteiger partial charge < -0.3 is 18.7 Å². The average molecular weight is 464 g/mol. The van der Waals surface area contributed by atoms with E-state index >= 15 is 0 Å². The molecule has 0 N–H and O–H groups in total. The van der Waals surface area contributed by atoms with Crippen LogP contribution in [-0.2, 0) is 19.8 Å². The zero-order chi connectivity index (χ0) is 23.7. The Bertz CT molecular complexity index is 1320. The molecule has 0 amide bonds. The van der Waals surface area contributed by atoms with Crippen molar-refractivity contribution in [1.82, 2.24) is 5.16 Å². The van der Waals surface area contributed by atoms with Crippen molar-refractivity contribution < 1.29 is 18.7 Å². The van der Waals surface area contributed by atoms with Crippen molar-refractivity contribution in [3.8, 4) is 28.5 Å². The molecule has 174 valence electrons. The Morgan fingerprint density at radius 3 is 1.54 bits per heavy atom. The van der Waals surface area contributed by atoms with Crippen LogP contribution in [0.5, 0.6) is 17.2 Å². The lowest BCUT2D eigenvalue weighted by Crippen LogP contribution is -2.05. The zero-order valence-electron chi connectivity index (χ0n) is 19.2. The van der Waals surface area contributed by atoms with Gasteiger partial charge in [0.1, 0.15) is 31.8 Å². The number of rotatable bonds is 10. The van der Waals surface area contributed by atoms with Crippen molar-refractivity contribution >= 4 is 0 Å². The fraction of sp³-hybridized carbons (Fsp3) is 0.100. The van der Waals surface area contributed by atoms with Crippen LogP contribution in [-0.4, -0.2) is 5.16 Å². The minimum Gasteiger partial charge on any atom is -0.485 e. The van der Waals surface area contributed by atoms with Crippen molar-refractivity contribution in [2.24, 2.45) is 0 Å². The van der Waals surface area contributed by atoms with Crippen molar-refractivity contribution in [1.29, 1.82) is 0 Å². The maximum absolute atomic E-state index is 6.37. The first-order chi connectivity index (χ1) is 17.4. The third-order valence-corrected chi connectivity index (χ3v) is 5.48. The number of aromatic nitrogens is 1. The number of hydrogen-bond acceptors (Lipinski definition) is 5. The van der Waals surface area contributed by atoms with Gasteiger partial charge in [-0.15, -0.1) is 0 Å². The maximum atomic E-state index is 6.37. The highest BCUT2D eigenvalue weighted by Gasteiger charge is 2.21. The second-order valence-electron chi connectivity index (χ2n) is 7.98. The predicted molar refractivity (Wildman–Crippen MR) is 134 cm³/mol. The highest BCUT2D eigenvalue weighted by Crippen LogP contribution is 2.45. The zero-order valence-corrected chi connectivity index (χ0v) is 19.2. The van der Waals surface area contributed by atoms with Crippen molar-refractivity contribution in [3.63, 3.8) is 0 Å². The molecule has 5 nitrogen and oxygen atoms in total. The summed E-state index contributed by atoms with van der Waals surface area (Å²) in [5, 5.41) is 4.13. The summed E-state index contributed by atoms with van der Waals surface area (Å²) >= 11 is 0. The summed E-state index contributed by atoms with van der Waals surface area (Å²) in [7, 11) is 0. The second kappa shape index (κ2) is 11.1. The average Bonchev–Trinajstić information content (AvgIpc) is 3.46. The molecule has 0 saturated heterocycles. The summed E-state index contributed by atoms with van der Waals surface area (Å²) in [5.74, 6) is 1.69. The monoisotopic (exact) mass is 463 g/mol. The SMILES string of the molecule is c1ccc(COc2ccc(-c3ccon3)c(OCc3ccccc3)c2OCc2ccccc2)cc1. The molecular weight excluding hydrogens is 438 g/mol. The molecule has 1 aromatic heterocycles. The number of hydrogen-bond donors (Lipinski definition) is 0. The molecule has 5 rings (SSSR count). The van der Waals surface area contributed by atoms with E-state index in [2.05, 4.69) is 5.16 Å². The fourth-order valence-electron chi connectivity index (χ4n) is 3.69. The van der Waals surface area contributed by atoms with Gasteiger partial charge in [-0.05, 0) is 28.8 Å². The van der Waals surface area contributed by atoms with E-state index in [4.69, 9.17) is 18.7 Å². The summed E-state index contributed by atoms with van der Waals surface area (Å²) in [4.78, 5) is 0. The molecule has 0 aliphatic carbocycles. The molecule has 0 saturated carbocycles. The summed E-state index contributed by atoms with van der Waals surface area (Å²) < 4.78 is 24.1. The first-order valence-corrected chi connectivity index (χ1v) is 11.4. The van der Waals surface area contributed by atoms with E-state index in [0.29, 0.717) is 42.8 Å². The minimum atomic E-state index is 0.368. The molecular formula is C30H25NO4. The molecule has 5 aromatic rings. The molecule has 0 unspecified atom stereocenters. The molecule has 0 atom stereocenters. The lowest BCUT2D eigenvalue weighted by molar-refractivity contribution is 0.230. The van der Waals surface area contributed by atoms with E-state index in [1.54, 1.807) is 12.3 Å². The summed E-state index contributed by atoms with van der Waals surface area (Å²) in [6.07, 6.45) is 1.54. The van der Waals surface area contributed by atoms with Crippen LogP contribution in [0.2, 0.25) is 0 Å². The van der Waals surface area contributed by atoms with Crippen LogP contribution >= 0.6 is 0 Å². The van der Waals surface area contributed by atoms with Crippen LogP contribution in [0.25, 0.3) is 11.3 Å². The first kappa shape index (κ1) is 22.3. The molecule has 5 heteroatoms. The van der Waals surface area contributed by atoms with E-state index in [1.165, 1.54) is 0 Å². The van der Waals surface area contributed by atoms with Crippen LogP contribution in [0, 0.1) is 0 Å². The normalized spacial score (nSPS) is 10.6. The summed E-state index contributed by atoms with van der Waals surface area (Å²) in [6.45, 7) is 1.14. The Kier molecular flexibility index (Phi) is 7.05. The fourth-order valence-corrected chi connectivity index (χ4v) is 3.69. The van der Waals surface area contributed by atoms with Crippen LogP contribution in [0.3, 0.4) is 0 Å². The highest BCUT2D eigenvalue weighted by molar-refractivity contribution is 5.73. The number of benzene rings is 4. The lowest BCUT2D eigenvalue weighted by atomic mass is 10.1. The Morgan fingerprint density at radius 1 is 0.514 bits per heavy atom.